The molecule has 1 aliphatic rings. The van der Waals surface area contributed by atoms with E-state index in [0.717, 1.165) is 5.17 Å². The van der Waals surface area contributed by atoms with E-state index < -0.39 is 24.8 Å². The lowest BCUT2D eigenvalue weighted by atomic mass is 10.00. The monoisotopic (exact) mass is 300 g/mol. The number of hydrogen-bond acceptors (Lipinski definition) is 4. The van der Waals surface area contributed by atoms with E-state index in [9.17, 15) is 18.3 Å². The predicted octanol–water partition coefficient (Wildman–Crippen LogP) is 1.74. The van der Waals surface area contributed by atoms with Gasteiger partial charge in [-0.1, -0.05) is 11.8 Å². The first-order chi connectivity index (χ1) is 8.73. The van der Waals surface area contributed by atoms with E-state index >= 15 is 0 Å². The van der Waals surface area contributed by atoms with E-state index in [1.54, 1.807) is 0 Å². The number of hydrogen-bond donors (Lipinski definition) is 1. The molecule has 1 aliphatic heterocycles. The average molecular weight is 300 g/mol. The number of nitrogens with zero attached hydrogens (tertiary/aromatic N) is 2. The van der Waals surface area contributed by atoms with Crippen LogP contribution in [0.15, 0.2) is 4.99 Å². The Morgan fingerprint density at radius 3 is 2.53 bits per heavy atom. The number of aliphatic hydroxyl groups excluding tert-OH is 1. The van der Waals surface area contributed by atoms with Crippen LogP contribution in [0.1, 0.15) is 12.8 Å². The molecule has 1 N–H and O–H groups in total. The van der Waals surface area contributed by atoms with Crippen LogP contribution in [0.5, 0.6) is 0 Å². The van der Waals surface area contributed by atoms with E-state index in [1.165, 1.54) is 11.8 Å². The Balaban J connectivity index is 2.58. The summed E-state index contributed by atoms with van der Waals surface area (Å²) in [6.07, 6.45) is -5.69. The number of aliphatic hydroxyl groups is 1. The summed E-state index contributed by atoms with van der Waals surface area (Å²) in [7, 11) is 3.67. The maximum absolute atomic E-state index is 12.3. The zero-order valence-corrected chi connectivity index (χ0v) is 12.0. The second-order valence-electron chi connectivity index (χ2n) is 4.66. The zero-order chi connectivity index (χ0) is 14.6. The van der Waals surface area contributed by atoms with E-state index in [4.69, 9.17) is 4.74 Å². The van der Waals surface area contributed by atoms with Crippen molar-refractivity contribution in [2.45, 2.75) is 37.3 Å². The molecule has 0 saturated carbocycles. The lowest BCUT2D eigenvalue weighted by Gasteiger charge is -2.32. The van der Waals surface area contributed by atoms with E-state index in [-0.39, 0.29) is 19.1 Å². The number of thioether (sulfide) groups is 1. The van der Waals surface area contributed by atoms with Crippen molar-refractivity contribution >= 4 is 16.9 Å². The Hall–Kier alpha value is -0.470. The van der Waals surface area contributed by atoms with E-state index in [2.05, 4.69) is 4.99 Å². The molecule has 19 heavy (non-hydrogen) atoms. The molecular formula is C11H19F3N2O2S. The summed E-state index contributed by atoms with van der Waals surface area (Å²) in [6, 6.07) is -0.302. The third-order valence-electron chi connectivity index (χ3n) is 2.74. The number of ether oxygens (including phenoxy) is 1. The summed E-state index contributed by atoms with van der Waals surface area (Å²) in [6.45, 7) is 0.107. The van der Waals surface area contributed by atoms with Crippen LogP contribution < -0.4 is 0 Å². The second-order valence-corrected chi connectivity index (χ2v) is 5.43. The second kappa shape index (κ2) is 6.81. The van der Waals surface area contributed by atoms with Crippen molar-refractivity contribution in [3.05, 3.63) is 0 Å². The minimum Gasteiger partial charge on any atom is -0.390 e. The molecule has 0 amide bonds. The topological polar surface area (TPSA) is 45.1 Å². The molecular weight excluding hydrogens is 281 g/mol. The first-order valence-corrected chi connectivity index (χ1v) is 7.11. The fraction of sp³-hybridized carbons (Fsp3) is 0.909. The van der Waals surface area contributed by atoms with Crippen molar-refractivity contribution in [2.24, 2.45) is 4.99 Å². The van der Waals surface area contributed by atoms with Gasteiger partial charge in [0.25, 0.3) is 0 Å². The van der Waals surface area contributed by atoms with Crippen molar-refractivity contribution < 1.29 is 23.0 Å². The van der Waals surface area contributed by atoms with Crippen molar-refractivity contribution in [2.75, 3.05) is 27.0 Å². The normalized spacial score (nSPS) is 29.4. The van der Waals surface area contributed by atoms with Crippen LogP contribution in [0, 0.1) is 0 Å². The molecule has 0 aliphatic carbocycles. The molecule has 0 aromatic carbocycles. The zero-order valence-electron chi connectivity index (χ0n) is 11.1. The smallest absolute Gasteiger partial charge is 0.390 e. The van der Waals surface area contributed by atoms with E-state index in [1.807, 2.05) is 25.3 Å². The van der Waals surface area contributed by atoms with Gasteiger partial charge in [0, 0.05) is 20.5 Å². The predicted molar refractivity (Wildman–Crippen MR) is 69.5 cm³/mol. The quantitative estimate of drug-likeness (QED) is 0.623. The first kappa shape index (κ1) is 16.6. The highest BCUT2D eigenvalue weighted by Crippen LogP contribution is 2.28. The largest absolute Gasteiger partial charge is 0.391 e. The standard InChI is InChI=1S/C11H19F3N2O2S/c1-16(2)10(19-3)15-7-4-8(17)9(18-6-7)5-11(12,13)14/h7-9,17H,4-6H2,1-3H3/b15-10-/t7-,8+,9?/m1/s1. The van der Waals surface area contributed by atoms with Gasteiger partial charge in [0.1, 0.15) is 0 Å². The Kier molecular flexibility index (Phi) is 5.94. The lowest BCUT2D eigenvalue weighted by molar-refractivity contribution is -0.185. The van der Waals surface area contributed by atoms with Crippen LogP contribution >= 0.6 is 11.8 Å². The Morgan fingerprint density at radius 1 is 1.47 bits per heavy atom. The average Bonchev–Trinajstić information content (AvgIpc) is 2.27. The van der Waals surface area contributed by atoms with Crippen LogP contribution in [0.4, 0.5) is 13.2 Å². The lowest BCUT2D eigenvalue weighted by Crippen LogP contribution is -2.43. The van der Waals surface area contributed by atoms with Gasteiger partial charge < -0.3 is 14.7 Å². The fourth-order valence-electron chi connectivity index (χ4n) is 1.86. The van der Waals surface area contributed by atoms with Crippen molar-refractivity contribution in [1.29, 1.82) is 0 Å². The Labute approximate surface area is 115 Å². The van der Waals surface area contributed by atoms with Crippen LogP contribution in [-0.4, -0.2) is 66.6 Å². The van der Waals surface area contributed by atoms with Crippen molar-refractivity contribution in [3.8, 4) is 0 Å². The van der Waals surface area contributed by atoms with Gasteiger partial charge in [0.2, 0.25) is 0 Å². The molecule has 8 heteroatoms. The molecule has 1 unspecified atom stereocenters. The highest BCUT2D eigenvalue weighted by Gasteiger charge is 2.39. The number of amidine groups is 1. The fourth-order valence-corrected chi connectivity index (χ4v) is 2.48. The number of alkyl halides is 3. The van der Waals surface area contributed by atoms with Crippen LogP contribution in [-0.2, 0) is 4.74 Å². The SMILES string of the molecule is CS/C(=N\[C@H]1COC(CC(F)(F)F)[C@@H](O)C1)N(C)C. The summed E-state index contributed by atoms with van der Waals surface area (Å²) in [5, 5.41) is 10.5. The van der Waals surface area contributed by atoms with Gasteiger partial charge >= 0.3 is 6.18 Å². The van der Waals surface area contributed by atoms with E-state index in [0.29, 0.717) is 0 Å². The molecule has 1 heterocycles. The molecule has 0 aromatic rings. The van der Waals surface area contributed by atoms with Gasteiger partial charge in [-0.3, -0.25) is 4.99 Å². The highest BCUT2D eigenvalue weighted by molar-refractivity contribution is 8.13. The minimum absolute atomic E-state index is 0.107. The van der Waals surface area contributed by atoms with Crippen LogP contribution in [0.25, 0.3) is 0 Å². The molecule has 4 nitrogen and oxygen atoms in total. The van der Waals surface area contributed by atoms with Crippen LogP contribution in [0.2, 0.25) is 0 Å². The summed E-state index contributed by atoms with van der Waals surface area (Å²) >= 11 is 1.44. The third-order valence-corrected chi connectivity index (χ3v) is 3.57. The number of rotatable bonds is 2. The Morgan fingerprint density at radius 2 is 2.11 bits per heavy atom. The summed E-state index contributed by atoms with van der Waals surface area (Å²) < 4.78 is 41.9. The first-order valence-electron chi connectivity index (χ1n) is 5.88. The molecule has 0 spiro atoms. The van der Waals surface area contributed by atoms with Gasteiger partial charge in [-0.2, -0.15) is 13.2 Å². The number of aliphatic imine (C=N–C) groups is 1. The van der Waals surface area contributed by atoms with Gasteiger partial charge in [-0.05, 0) is 6.26 Å². The maximum atomic E-state index is 12.3. The van der Waals surface area contributed by atoms with Crippen molar-refractivity contribution in [3.63, 3.8) is 0 Å². The molecule has 1 saturated heterocycles. The molecule has 1 rings (SSSR count). The number of halogens is 3. The van der Waals surface area contributed by atoms with Crippen LogP contribution in [0.3, 0.4) is 0 Å². The van der Waals surface area contributed by atoms with Gasteiger partial charge in [0.15, 0.2) is 5.17 Å². The Bertz CT molecular complexity index is 324. The molecule has 0 aromatic heterocycles. The van der Waals surface area contributed by atoms with Gasteiger partial charge in [-0.15, -0.1) is 0 Å². The highest BCUT2D eigenvalue weighted by atomic mass is 32.2. The summed E-state index contributed by atoms with van der Waals surface area (Å²) in [5.41, 5.74) is 0. The van der Waals surface area contributed by atoms with Gasteiger partial charge in [-0.25, -0.2) is 0 Å². The minimum atomic E-state index is -4.32. The molecule has 1 fully saturated rings. The summed E-state index contributed by atoms with van der Waals surface area (Å²) in [4.78, 5) is 6.19. The molecule has 112 valence electrons. The third kappa shape index (κ3) is 5.58. The van der Waals surface area contributed by atoms with Gasteiger partial charge in [0.05, 0.1) is 31.3 Å². The molecule has 0 radical (unpaired) electrons. The molecule has 0 bridgehead atoms. The van der Waals surface area contributed by atoms with Crippen molar-refractivity contribution in [1.82, 2.24) is 4.90 Å². The molecule has 3 atom stereocenters. The maximum Gasteiger partial charge on any atom is 0.391 e. The summed E-state index contributed by atoms with van der Waals surface area (Å²) in [5.74, 6) is 0.